The third-order valence-electron chi connectivity index (χ3n) is 6.39. The molecule has 1 aliphatic rings. The van der Waals surface area contributed by atoms with E-state index in [0.29, 0.717) is 23.8 Å². The van der Waals surface area contributed by atoms with E-state index in [4.69, 9.17) is 0 Å². The first-order valence-electron chi connectivity index (χ1n) is 11.3. The number of halogens is 1. The van der Waals surface area contributed by atoms with Gasteiger partial charge in [-0.25, -0.2) is 9.07 Å². The van der Waals surface area contributed by atoms with E-state index in [2.05, 4.69) is 46.5 Å². The molecule has 0 radical (unpaired) electrons. The lowest BCUT2D eigenvalue weighted by molar-refractivity contribution is 0.0949. The summed E-state index contributed by atoms with van der Waals surface area (Å²) in [5, 5.41) is 7.50. The number of carbonyl (C=O) groups excluding carboxylic acids is 1. The zero-order chi connectivity index (χ0) is 22.7. The van der Waals surface area contributed by atoms with Crippen LogP contribution < -0.4 is 5.32 Å². The molecule has 3 aromatic rings. The molecule has 1 saturated heterocycles. The van der Waals surface area contributed by atoms with E-state index in [1.54, 1.807) is 16.8 Å². The normalized spacial score (nSPS) is 16.8. The largest absolute Gasteiger partial charge is 0.348 e. The minimum absolute atomic E-state index is 0.153. The quantitative estimate of drug-likeness (QED) is 0.598. The van der Waals surface area contributed by atoms with Crippen LogP contribution in [-0.4, -0.2) is 33.2 Å². The maximum atomic E-state index is 13.2. The zero-order valence-corrected chi connectivity index (χ0v) is 19.1. The highest BCUT2D eigenvalue weighted by molar-refractivity contribution is 5.96. The molecule has 1 N–H and O–H groups in total. The Balaban J connectivity index is 1.39. The van der Waals surface area contributed by atoms with Gasteiger partial charge < -0.3 is 5.32 Å². The summed E-state index contributed by atoms with van der Waals surface area (Å²) in [7, 11) is 0. The summed E-state index contributed by atoms with van der Waals surface area (Å²) in [5.74, 6) is -0.454. The fourth-order valence-corrected chi connectivity index (χ4v) is 4.47. The second-order valence-corrected chi connectivity index (χ2v) is 8.75. The van der Waals surface area contributed by atoms with E-state index in [1.807, 2.05) is 13.8 Å². The molecule has 0 bridgehead atoms. The number of likely N-dealkylation sites (tertiary alicyclic amines) is 1. The number of aryl methyl sites for hydroxylation is 1. The summed E-state index contributed by atoms with van der Waals surface area (Å²) >= 11 is 0. The first-order chi connectivity index (χ1) is 15.4. The monoisotopic (exact) mass is 434 g/mol. The average Bonchev–Trinajstić information content (AvgIpc) is 3.09. The molecule has 2 aromatic carbocycles. The third kappa shape index (κ3) is 4.91. The number of amides is 1. The first kappa shape index (κ1) is 22.2. The maximum Gasteiger partial charge on any atom is 0.255 e. The number of rotatable bonds is 6. The molecule has 1 unspecified atom stereocenters. The number of carbonyl (C=O) groups is 1. The Labute approximate surface area is 189 Å². The van der Waals surface area contributed by atoms with Crippen LogP contribution in [0.25, 0.3) is 5.69 Å². The van der Waals surface area contributed by atoms with Crippen LogP contribution in [0.15, 0.2) is 48.5 Å². The van der Waals surface area contributed by atoms with E-state index in [0.717, 1.165) is 23.5 Å². The van der Waals surface area contributed by atoms with Crippen LogP contribution in [0.2, 0.25) is 0 Å². The van der Waals surface area contributed by atoms with E-state index in [1.165, 1.54) is 43.5 Å². The van der Waals surface area contributed by atoms with Crippen molar-refractivity contribution in [2.45, 2.75) is 59.2 Å². The summed E-state index contributed by atoms with van der Waals surface area (Å²) in [4.78, 5) is 15.4. The number of nitrogens with one attached hydrogen (secondary N) is 1. The lowest BCUT2D eigenvalue weighted by Gasteiger charge is -2.33. The number of hydrogen-bond acceptors (Lipinski definition) is 3. The van der Waals surface area contributed by atoms with Gasteiger partial charge in [0.15, 0.2) is 0 Å². The molecule has 4 rings (SSSR count). The number of hydrogen-bond donors (Lipinski definition) is 1. The van der Waals surface area contributed by atoms with Crippen LogP contribution in [-0.2, 0) is 13.1 Å². The van der Waals surface area contributed by atoms with Crippen LogP contribution in [0.5, 0.6) is 0 Å². The lowest BCUT2D eigenvalue weighted by atomic mass is 10.0. The van der Waals surface area contributed by atoms with Gasteiger partial charge in [-0.1, -0.05) is 30.7 Å². The van der Waals surface area contributed by atoms with Crippen LogP contribution in [0.1, 0.15) is 59.1 Å². The Morgan fingerprint density at radius 1 is 1.06 bits per heavy atom. The molecule has 1 aromatic heterocycles. The lowest BCUT2D eigenvalue weighted by Crippen LogP contribution is -2.36. The highest BCUT2D eigenvalue weighted by atomic mass is 19.1. The number of aromatic nitrogens is 2. The molecule has 1 aliphatic heterocycles. The Hall–Kier alpha value is -2.99. The highest BCUT2D eigenvalue weighted by Crippen LogP contribution is 2.20. The molecule has 1 atom stereocenters. The van der Waals surface area contributed by atoms with Gasteiger partial charge in [-0.05, 0) is 75.5 Å². The third-order valence-corrected chi connectivity index (χ3v) is 6.39. The summed E-state index contributed by atoms with van der Waals surface area (Å²) < 4.78 is 14.9. The molecule has 6 heteroatoms. The summed E-state index contributed by atoms with van der Waals surface area (Å²) in [5.41, 5.74) is 5.04. The van der Waals surface area contributed by atoms with E-state index >= 15 is 0 Å². The molecule has 0 saturated carbocycles. The topological polar surface area (TPSA) is 50.2 Å². The Bertz CT molecular complexity index is 1070. The van der Waals surface area contributed by atoms with E-state index in [9.17, 15) is 9.18 Å². The Morgan fingerprint density at radius 2 is 1.75 bits per heavy atom. The van der Waals surface area contributed by atoms with Gasteiger partial charge in [-0.15, -0.1) is 0 Å². The minimum atomic E-state index is -0.301. The van der Waals surface area contributed by atoms with Gasteiger partial charge in [0.1, 0.15) is 5.82 Å². The van der Waals surface area contributed by atoms with E-state index < -0.39 is 0 Å². The molecule has 32 heavy (non-hydrogen) atoms. The van der Waals surface area contributed by atoms with Gasteiger partial charge in [0.05, 0.1) is 22.6 Å². The van der Waals surface area contributed by atoms with Crippen molar-refractivity contribution in [3.63, 3.8) is 0 Å². The number of benzene rings is 2. The molecule has 0 spiro atoms. The van der Waals surface area contributed by atoms with Crippen LogP contribution in [0, 0.1) is 19.7 Å². The fraction of sp³-hybridized carbons (Fsp3) is 0.385. The second-order valence-electron chi connectivity index (χ2n) is 8.75. The number of nitrogens with zero attached hydrogens (tertiary/aromatic N) is 3. The van der Waals surface area contributed by atoms with Gasteiger partial charge in [0, 0.05) is 19.1 Å². The van der Waals surface area contributed by atoms with Gasteiger partial charge in [0.25, 0.3) is 5.91 Å². The molecular formula is C26H31FN4O. The zero-order valence-electron chi connectivity index (χ0n) is 19.1. The van der Waals surface area contributed by atoms with Crippen LogP contribution in [0.3, 0.4) is 0 Å². The standard InChI is InChI=1S/C26H31FN4O/c1-18-6-4-5-15-30(18)17-22-9-7-21(8-10-22)16-28-26(32)25-19(2)29-31(20(25)3)24-13-11-23(27)12-14-24/h7-14,18H,4-6,15-17H2,1-3H3,(H,28,32). The van der Waals surface area contributed by atoms with Gasteiger partial charge in [-0.2, -0.15) is 5.10 Å². The molecule has 0 aliphatic carbocycles. The highest BCUT2D eigenvalue weighted by Gasteiger charge is 2.20. The van der Waals surface area contributed by atoms with Gasteiger partial charge in [0.2, 0.25) is 0 Å². The fourth-order valence-electron chi connectivity index (χ4n) is 4.47. The first-order valence-corrected chi connectivity index (χ1v) is 11.3. The molecule has 2 heterocycles. The molecule has 168 valence electrons. The van der Waals surface area contributed by atoms with Crippen molar-refractivity contribution in [3.05, 3.63) is 82.4 Å². The maximum absolute atomic E-state index is 13.2. The van der Waals surface area contributed by atoms with Crippen LogP contribution in [0.4, 0.5) is 4.39 Å². The summed E-state index contributed by atoms with van der Waals surface area (Å²) in [6, 6.07) is 15.2. The molecular weight excluding hydrogens is 403 g/mol. The average molecular weight is 435 g/mol. The van der Waals surface area contributed by atoms with Gasteiger partial charge >= 0.3 is 0 Å². The van der Waals surface area contributed by atoms with Crippen molar-refractivity contribution >= 4 is 5.91 Å². The predicted molar refractivity (Wildman–Crippen MR) is 124 cm³/mol. The van der Waals surface area contributed by atoms with Gasteiger partial charge in [-0.3, -0.25) is 9.69 Å². The second kappa shape index (κ2) is 9.65. The predicted octanol–water partition coefficient (Wildman–Crippen LogP) is 4.93. The number of piperidine rings is 1. The minimum Gasteiger partial charge on any atom is -0.348 e. The SMILES string of the molecule is Cc1nn(-c2ccc(F)cc2)c(C)c1C(=O)NCc1ccc(CN2CCCCC2C)cc1. The summed E-state index contributed by atoms with van der Waals surface area (Å²) in [6.45, 7) is 8.59. The van der Waals surface area contributed by atoms with Crippen molar-refractivity contribution in [2.75, 3.05) is 6.54 Å². The van der Waals surface area contributed by atoms with Crippen molar-refractivity contribution in [3.8, 4) is 5.69 Å². The summed E-state index contributed by atoms with van der Waals surface area (Å²) in [6.07, 6.45) is 3.89. The molecule has 1 fully saturated rings. The van der Waals surface area contributed by atoms with Crippen molar-refractivity contribution < 1.29 is 9.18 Å². The Morgan fingerprint density at radius 3 is 2.44 bits per heavy atom. The van der Waals surface area contributed by atoms with Crippen LogP contribution >= 0.6 is 0 Å². The van der Waals surface area contributed by atoms with Crippen molar-refractivity contribution in [1.82, 2.24) is 20.0 Å². The molecule has 5 nitrogen and oxygen atoms in total. The smallest absolute Gasteiger partial charge is 0.255 e. The molecule has 1 amide bonds. The van der Waals surface area contributed by atoms with Crippen molar-refractivity contribution in [1.29, 1.82) is 0 Å². The van der Waals surface area contributed by atoms with Crippen molar-refractivity contribution in [2.24, 2.45) is 0 Å². The Kier molecular flexibility index (Phi) is 6.70. The van der Waals surface area contributed by atoms with E-state index in [-0.39, 0.29) is 11.7 Å².